The van der Waals surface area contributed by atoms with Gasteiger partial charge in [0.2, 0.25) is 29.7 Å². The molecule has 0 bridgehead atoms. The van der Waals surface area contributed by atoms with Crippen molar-refractivity contribution in [1.29, 1.82) is 0 Å². The number of imidazole rings is 2. The molecule has 5 aromatic heterocycles. The van der Waals surface area contributed by atoms with E-state index >= 15 is 0 Å². The fraction of sp³-hybridized carbons (Fsp3) is 0.458. The van der Waals surface area contributed by atoms with Gasteiger partial charge in [0.15, 0.2) is 34.0 Å². The third-order valence-electron chi connectivity index (χ3n) is 20.6. The van der Waals surface area contributed by atoms with Crippen LogP contribution < -0.4 is 36.0 Å². The maximum absolute atomic E-state index is 12.7. The Morgan fingerprint density at radius 3 is 1.24 bits per heavy atom. The summed E-state index contributed by atoms with van der Waals surface area (Å²) in [6.07, 6.45) is 2.18. The van der Waals surface area contributed by atoms with Gasteiger partial charge in [-0.25, -0.2) is 9.97 Å². The summed E-state index contributed by atoms with van der Waals surface area (Å²) in [4.78, 5) is 80.1. The van der Waals surface area contributed by atoms with Crippen molar-refractivity contribution >= 4 is 75.3 Å². The molecule has 506 valence electrons. The van der Waals surface area contributed by atoms with Crippen molar-refractivity contribution in [2.24, 2.45) is 11.8 Å². The number of fused-ring (bicyclic) bond motifs is 2. The van der Waals surface area contributed by atoms with E-state index in [1.807, 2.05) is 95.8 Å². The summed E-state index contributed by atoms with van der Waals surface area (Å²) in [5.41, 5.74) is 6.67. The van der Waals surface area contributed by atoms with Crippen molar-refractivity contribution in [1.82, 2.24) is 58.9 Å². The lowest BCUT2D eigenvalue weighted by molar-refractivity contribution is -0.121. The Balaban J connectivity index is 0.732. The Morgan fingerprint density at radius 1 is 0.474 bits per heavy atom. The molecule has 25 nitrogen and oxygen atoms in total. The van der Waals surface area contributed by atoms with Crippen LogP contribution in [0, 0.1) is 11.8 Å². The van der Waals surface area contributed by atoms with E-state index in [1.54, 1.807) is 12.7 Å². The van der Waals surface area contributed by atoms with Crippen LogP contribution in [-0.4, -0.2) is 200 Å². The number of anilines is 7. The van der Waals surface area contributed by atoms with E-state index in [-0.39, 0.29) is 48.3 Å². The summed E-state index contributed by atoms with van der Waals surface area (Å²) >= 11 is 0. The molecule has 3 saturated heterocycles. The minimum atomic E-state index is -1.14. The minimum absolute atomic E-state index is 0.0270. The van der Waals surface area contributed by atoms with Crippen LogP contribution in [0.15, 0.2) is 134 Å². The van der Waals surface area contributed by atoms with E-state index in [1.165, 1.54) is 0 Å². The van der Waals surface area contributed by atoms with Crippen molar-refractivity contribution in [2.45, 2.75) is 126 Å². The zero-order chi connectivity index (χ0) is 66.7. The normalized spacial score (nSPS) is 23.7. The molecule has 8 heterocycles. The standard InChI is InChI=1S/C72H87N19O6/c1-4-52(92)34-48-36-56(62(96)60(48)94)90-42-75-58-64(73-38-54(44-18-10-6-11-19-44)45-20-12-7-13-21-45)79-70(81-66(58)90)88-28-26-50(40-88)77-68-83-69(85-72(84-68)87-32-30-86(3)31-33-87)78-51-27-29-89(41-51)71-80-65(74-39-55(46-22-14-8-15-23-46)47-24-16-9-17-25-47)59-67(82-71)91(43-76-59)57-37-49(35-53(93)5-2)61(95)63(57)97/h6-25,42-43,48-51,54-57,60-63,94-97H,4-5,26-41H2,1-3H3,(H,73,79,81)(H,74,80,82)(H2,77,78,83,84,85)/t48-,49-,50+,51+,56+,57+,60+,61+,62-,63-/m0/s1. The highest BCUT2D eigenvalue weighted by molar-refractivity contribution is 5.86. The lowest BCUT2D eigenvalue weighted by Gasteiger charge is -2.32. The van der Waals surface area contributed by atoms with E-state index in [2.05, 4.69) is 96.4 Å². The monoisotopic (exact) mass is 1310 g/mol. The number of hydrogen-bond donors (Lipinski definition) is 8. The molecule has 0 amide bonds. The number of rotatable bonds is 25. The zero-order valence-electron chi connectivity index (χ0n) is 55.2. The number of benzene rings is 4. The van der Waals surface area contributed by atoms with Crippen molar-refractivity contribution in [2.75, 3.05) is 108 Å². The molecular weight excluding hydrogens is 1230 g/mol. The number of hydrogen-bond acceptors (Lipinski definition) is 23. The van der Waals surface area contributed by atoms with Gasteiger partial charge in [0.1, 0.15) is 23.8 Å². The van der Waals surface area contributed by atoms with Crippen LogP contribution in [0.4, 0.5) is 41.4 Å². The molecule has 0 unspecified atom stereocenters. The molecule has 8 N–H and O–H groups in total. The van der Waals surface area contributed by atoms with Crippen molar-refractivity contribution in [3.63, 3.8) is 0 Å². The predicted octanol–water partition coefficient (Wildman–Crippen LogP) is 7.08. The molecule has 2 saturated carbocycles. The second-order valence-electron chi connectivity index (χ2n) is 26.9. The van der Waals surface area contributed by atoms with Crippen LogP contribution >= 0.6 is 0 Å². The van der Waals surface area contributed by atoms with Crippen LogP contribution in [0.1, 0.15) is 111 Å². The van der Waals surface area contributed by atoms with Crippen LogP contribution in [0.5, 0.6) is 0 Å². The van der Waals surface area contributed by atoms with Crippen LogP contribution in [-0.2, 0) is 9.59 Å². The highest BCUT2D eigenvalue weighted by Gasteiger charge is 2.46. The van der Waals surface area contributed by atoms with E-state index in [0.29, 0.717) is 141 Å². The van der Waals surface area contributed by atoms with Gasteiger partial charge >= 0.3 is 0 Å². The first-order valence-electron chi connectivity index (χ1n) is 34.5. The molecule has 97 heavy (non-hydrogen) atoms. The number of likely N-dealkylation sites (N-methyl/N-ethyl adjacent to an activating group) is 1. The van der Waals surface area contributed by atoms with Gasteiger partial charge in [-0.3, -0.25) is 9.59 Å². The quantitative estimate of drug-likeness (QED) is 0.0283. The van der Waals surface area contributed by atoms with Gasteiger partial charge in [-0.15, -0.1) is 0 Å². The largest absolute Gasteiger partial charge is 0.390 e. The highest BCUT2D eigenvalue weighted by Crippen LogP contribution is 2.42. The third kappa shape index (κ3) is 14.0. The summed E-state index contributed by atoms with van der Waals surface area (Å²) in [5.74, 6) is 2.69. The van der Waals surface area contributed by atoms with E-state index < -0.39 is 48.3 Å². The molecule has 14 rings (SSSR count). The smallest absolute Gasteiger partial charge is 0.232 e. The molecule has 5 fully saturated rings. The van der Waals surface area contributed by atoms with Crippen molar-refractivity contribution in [3.05, 3.63) is 156 Å². The Labute approximate surface area is 563 Å². The number of carbonyl (C=O) groups excluding carboxylic acids is 2. The maximum Gasteiger partial charge on any atom is 0.232 e. The summed E-state index contributed by atoms with van der Waals surface area (Å²) in [5, 5.41) is 60.7. The van der Waals surface area contributed by atoms with Gasteiger partial charge in [-0.1, -0.05) is 135 Å². The second kappa shape index (κ2) is 28.8. The molecule has 10 atom stereocenters. The number of aromatic nitrogens is 11. The molecule has 2 aliphatic carbocycles. The van der Waals surface area contributed by atoms with E-state index in [9.17, 15) is 30.0 Å². The lowest BCUT2D eigenvalue weighted by atomic mass is 9.91. The van der Waals surface area contributed by atoms with Crippen molar-refractivity contribution < 1.29 is 30.0 Å². The Morgan fingerprint density at radius 2 is 0.856 bits per heavy atom. The summed E-state index contributed by atoms with van der Waals surface area (Å²) in [6, 6.07) is 40.1. The summed E-state index contributed by atoms with van der Waals surface area (Å²) in [7, 11) is 2.12. The molecule has 3 aliphatic heterocycles. The molecule has 25 heteroatoms. The highest BCUT2D eigenvalue weighted by atomic mass is 16.3. The third-order valence-corrected chi connectivity index (χ3v) is 20.6. The van der Waals surface area contributed by atoms with Crippen LogP contribution in [0.25, 0.3) is 22.3 Å². The number of ketones is 2. The maximum atomic E-state index is 12.7. The SMILES string of the molecule is CCC(=O)C[C@H]1C[C@@H](n2cnc3c(NCC(c4ccccc4)c4ccccc4)nc(N4CC[C@@H](Nc5nc(N[C@@H]6CCN(c7nc(NCC(c8ccccc8)c8ccccc8)c8ncn([C@@H]9C[C@H](CC(=O)CC)[C@@H](O)[C@H]9O)c8n7)C6)nc(N6CCN(C)CC6)n5)C4)nc32)[C@H](O)[C@@H]1O. The van der Waals surface area contributed by atoms with E-state index in [4.69, 9.17) is 44.9 Å². The molecule has 4 aromatic carbocycles. The Kier molecular flexibility index (Phi) is 19.3. The number of piperazine rings is 1. The number of aliphatic hydroxyl groups is 4. The fourth-order valence-corrected chi connectivity index (χ4v) is 15.0. The fourth-order valence-electron chi connectivity index (χ4n) is 15.0. The van der Waals surface area contributed by atoms with Crippen LogP contribution in [0.2, 0.25) is 0 Å². The zero-order valence-corrected chi connectivity index (χ0v) is 55.2. The lowest BCUT2D eigenvalue weighted by Crippen LogP contribution is -2.45. The second-order valence-corrected chi connectivity index (χ2v) is 26.9. The number of Topliss-reactive ketones (excluding diaryl/α,β-unsaturated/α-hetero) is 2. The number of carbonyl (C=O) groups is 2. The summed E-state index contributed by atoms with van der Waals surface area (Å²) < 4.78 is 3.71. The van der Waals surface area contributed by atoms with Gasteiger partial charge in [-0.05, 0) is 66.8 Å². The van der Waals surface area contributed by atoms with Gasteiger partial charge in [0.05, 0.1) is 36.9 Å². The van der Waals surface area contributed by atoms with Gasteiger partial charge in [0.25, 0.3) is 0 Å². The summed E-state index contributed by atoms with van der Waals surface area (Å²) in [6.45, 7) is 10.0. The molecule has 9 aromatic rings. The number of nitrogens with one attached hydrogen (secondary N) is 4. The molecule has 0 spiro atoms. The topological polar surface area (TPSA) is 302 Å². The van der Waals surface area contributed by atoms with Gasteiger partial charge in [-0.2, -0.15) is 34.9 Å². The van der Waals surface area contributed by atoms with Gasteiger partial charge in [0, 0.05) is 115 Å². The number of nitrogens with zero attached hydrogens (tertiary/aromatic N) is 15. The average Bonchev–Trinajstić information content (AvgIpc) is 1.63. The number of aliphatic hydroxyl groups excluding tert-OH is 4. The first kappa shape index (κ1) is 65.0. The van der Waals surface area contributed by atoms with Crippen LogP contribution in [0.3, 0.4) is 0 Å². The van der Waals surface area contributed by atoms with Crippen molar-refractivity contribution in [3.8, 4) is 0 Å². The Hall–Kier alpha value is -9.27. The first-order chi connectivity index (χ1) is 47.3. The average molecular weight is 1310 g/mol. The molecule has 5 aliphatic rings. The minimum Gasteiger partial charge on any atom is -0.390 e. The Bertz CT molecular complexity index is 3830. The first-order valence-corrected chi connectivity index (χ1v) is 34.5. The molecule has 0 radical (unpaired) electrons. The molecular formula is C72H87N19O6. The van der Waals surface area contributed by atoms with Gasteiger partial charge < -0.3 is 70.4 Å². The van der Waals surface area contributed by atoms with E-state index in [0.717, 1.165) is 48.4 Å². The predicted molar refractivity (Wildman–Crippen MR) is 373 cm³/mol.